The number of benzene rings is 1. The number of aromatic nitrogens is 3. The molecule has 0 atom stereocenters. The van der Waals surface area contributed by atoms with Gasteiger partial charge in [-0.1, -0.05) is 35.5 Å². The average Bonchev–Trinajstić information content (AvgIpc) is 3.09. The molecule has 2 aromatic heterocycles. The van der Waals surface area contributed by atoms with Crippen LogP contribution < -0.4 is 10.1 Å². The lowest BCUT2D eigenvalue weighted by molar-refractivity contribution is 0.140. The molecule has 1 amide bonds. The highest BCUT2D eigenvalue weighted by atomic mass is 35.5. The Morgan fingerprint density at radius 2 is 2.11 bits per heavy atom. The Balaban J connectivity index is 1.95. The van der Waals surface area contributed by atoms with Crippen molar-refractivity contribution >= 4 is 29.5 Å². The minimum absolute atomic E-state index is 0.0460. The molecule has 0 radical (unpaired) electrons. The van der Waals surface area contributed by atoms with Crippen LogP contribution in [0, 0.1) is 0 Å². The lowest BCUT2D eigenvalue weighted by atomic mass is 10.3. The number of hydrogen-bond donors (Lipinski definition) is 1. The molecule has 0 fully saturated rings. The van der Waals surface area contributed by atoms with Gasteiger partial charge in [0.05, 0.1) is 17.8 Å². The van der Waals surface area contributed by atoms with Crippen molar-refractivity contribution in [1.29, 1.82) is 0 Å². The number of hydrogen-bond acceptors (Lipinski definition) is 6. The van der Waals surface area contributed by atoms with Crippen LogP contribution in [0.2, 0.25) is 5.02 Å². The highest BCUT2D eigenvalue weighted by molar-refractivity contribution is 7.99. The van der Waals surface area contributed by atoms with Crippen LogP contribution in [0.1, 0.15) is 5.69 Å². The predicted octanol–water partition coefficient (Wildman–Crippen LogP) is 3.94. The first-order valence-electron chi connectivity index (χ1n) is 7.97. The maximum Gasteiger partial charge on any atom is 0.407 e. The average molecular weight is 405 g/mol. The van der Waals surface area contributed by atoms with Crippen LogP contribution in [-0.2, 0) is 11.3 Å². The zero-order chi connectivity index (χ0) is 19.2. The molecule has 9 heteroatoms. The molecular formula is C18H17ClN4O3S. The van der Waals surface area contributed by atoms with E-state index in [1.54, 1.807) is 24.1 Å². The maximum absolute atomic E-state index is 11.3. The van der Waals surface area contributed by atoms with Crippen LogP contribution in [0.3, 0.4) is 0 Å². The number of nitrogens with zero attached hydrogens (tertiary/aromatic N) is 3. The molecule has 1 N–H and O–H groups in total. The molecule has 7 nitrogen and oxygen atoms in total. The Bertz CT molecular complexity index is 948. The molecule has 0 bridgehead atoms. The van der Waals surface area contributed by atoms with Gasteiger partial charge in [0.25, 0.3) is 0 Å². The molecule has 0 aliphatic carbocycles. The van der Waals surface area contributed by atoms with E-state index in [2.05, 4.69) is 15.4 Å². The van der Waals surface area contributed by atoms with E-state index in [1.165, 1.54) is 18.8 Å². The fourth-order valence-corrected chi connectivity index (χ4v) is 3.41. The van der Waals surface area contributed by atoms with Crippen molar-refractivity contribution < 1.29 is 14.3 Å². The SMILES string of the molecule is CNC(=O)OCc1cc(Sc2ccnc(OC)c2)n(-c2ccccc2Cl)n1. The molecule has 1 aromatic carbocycles. The second kappa shape index (κ2) is 8.79. The number of alkyl carbamates (subject to hydrolysis) is 1. The molecule has 0 saturated heterocycles. The summed E-state index contributed by atoms with van der Waals surface area (Å²) in [6.07, 6.45) is 1.16. The molecule has 140 valence electrons. The Kier molecular flexibility index (Phi) is 6.20. The first-order valence-corrected chi connectivity index (χ1v) is 9.16. The van der Waals surface area contributed by atoms with E-state index in [0.29, 0.717) is 16.6 Å². The van der Waals surface area contributed by atoms with Gasteiger partial charge in [-0.2, -0.15) is 5.10 Å². The second-order valence-corrected chi connectivity index (χ2v) is 6.80. The fraction of sp³-hybridized carbons (Fsp3) is 0.167. The van der Waals surface area contributed by atoms with Gasteiger partial charge in [0.1, 0.15) is 17.3 Å². The van der Waals surface area contributed by atoms with Crippen LogP contribution >= 0.6 is 23.4 Å². The molecular weight excluding hydrogens is 388 g/mol. The van der Waals surface area contributed by atoms with Crippen LogP contribution in [0.4, 0.5) is 4.79 Å². The number of halogens is 1. The summed E-state index contributed by atoms with van der Waals surface area (Å²) >= 11 is 7.82. The van der Waals surface area contributed by atoms with E-state index in [4.69, 9.17) is 21.1 Å². The van der Waals surface area contributed by atoms with E-state index in [0.717, 1.165) is 15.6 Å². The van der Waals surface area contributed by atoms with Gasteiger partial charge in [-0.15, -0.1) is 0 Å². The summed E-state index contributed by atoms with van der Waals surface area (Å²) in [5.74, 6) is 0.520. The van der Waals surface area contributed by atoms with Crippen molar-refractivity contribution in [2.45, 2.75) is 16.5 Å². The number of amides is 1. The predicted molar refractivity (Wildman–Crippen MR) is 103 cm³/mol. The van der Waals surface area contributed by atoms with Gasteiger partial charge in [0.15, 0.2) is 0 Å². The van der Waals surface area contributed by atoms with Gasteiger partial charge in [-0.3, -0.25) is 0 Å². The Morgan fingerprint density at radius 1 is 1.30 bits per heavy atom. The molecule has 0 aliphatic heterocycles. The van der Waals surface area contributed by atoms with Crippen molar-refractivity contribution in [2.24, 2.45) is 0 Å². The number of pyridine rings is 1. The fourth-order valence-electron chi connectivity index (χ4n) is 2.25. The van der Waals surface area contributed by atoms with Crippen molar-refractivity contribution in [1.82, 2.24) is 20.1 Å². The monoisotopic (exact) mass is 404 g/mol. The number of para-hydroxylation sites is 1. The topological polar surface area (TPSA) is 78.3 Å². The zero-order valence-electron chi connectivity index (χ0n) is 14.7. The third kappa shape index (κ3) is 4.72. The number of rotatable bonds is 6. The van der Waals surface area contributed by atoms with Crippen LogP contribution in [-0.4, -0.2) is 35.0 Å². The summed E-state index contributed by atoms with van der Waals surface area (Å²) in [5, 5.41) is 8.33. The van der Waals surface area contributed by atoms with Gasteiger partial charge in [-0.05, 0) is 24.3 Å². The molecule has 0 spiro atoms. The van der Waals surface area contributed by atoms with Crippen molar-refractivity contribution in [3.8, 4) is 11.6 Å². The second-order valence-electron chi connectivity index (χ2n) is 5.30. The highest BCUT2D eigenvalue weighted by Gasteiger charge is 2.15. The van der Waals surface area contributed by atoms with Gasteiger partial charge < -0.3 is 14.8 Å². The minimum atomic E-state index is -0.518. The third-order valence-corrected chi connectivity index (χ3v) is 4.81. The van der Waals surface area contributed by atoms with E-state index in [9.17, 15) is 4.79 Å². The van der Waals surface area contributed by atoms with Gasteiger partial charge >= 0.3 is 6.09 Å². The smallest absolute Gasteiger partial charge is 0.407 e. The van der Waals surface area contributed by atoms with Gasteiger partial charge in [0.2, 0.25) is 5.88 Å². The normalized spacial score (nSPS) is 10.5. The standard InChI is InChI=1S/C18H17ClN4O3S/c1-20-18(24)26-11-12-9-17(27-13-7-8-21-16(10-13)25-2)23(22-12)15-6-4-3-5-14(15)19/h3-10H,11H2,1-2H3,(H,20,24). The van der Waals surface area contributed by atoms with E-state index in [-0.39, 0.29) is 6.61 Å². The van der Waals surface area contributed by atoms with E-state index in [1.807, 2.05) is 36.4 Å². The summed E-state index contributed by atoms with van der Waals surface area (Å²) in [4.78, 5) is 16.4. The van der Waals surface area contributed by atoms with Gasteiger partial charge in [-0.25, -0.2) is 14.5 Å². The highest BCUT2D eigenvalue weighted by Crippen LogP contribution is 2.33. The molecule has 0 aliphatic rings. The first kappa shape index (κ1) is 19.1. The van der Waals surface area contributed by atoms with Gasteiger partial charge in [0, 0.05) is 24.2 Å². The zero-order valence-corrected chi connectivity index (χ0v) is 16.3. The molecule has 27 heavy (non-hydrogen) atoms. The molecule has 0 unspecified atom stereocenters. The molecule has 3 rings (SSSR count). The molecule has 0 saturated carbocycles. The number of carbonyl (C=O) groups excluding carboxylic acids is 1. The maximum atomic E-state index is 11.3. The number of methoxy groups -OCH3 is 1. The lowest BCUT2D eigenvalue weighted by Gasteiger charge is -2.09. The number of carbonyl (C=O) groups is 1. The summed E-state index contributed by atoms with van der Waals surface area (Å²) in [5.41, 5.74) is 1.33. The van der Waals surface area contributed by atoms with Crippen LogP contribution in [0.5, 0.6) is 5.88 Å². The Labute approximate surface area is 165 Å². The summed E-state index contributed by atoms with van der Waals surface area (Å²) in [6, 6.07) is 13.0. The van der Waals surface area contributed by atoms with Crippen molar-refractivity contribution in [3.63, 3.8) is 0 Å². The van der Waals surface area contributed by atoms with E-state index < -0.39 is 6.09 Å². The van der Waals surface area contributed by atoms with Crippen LogP contribution in [0.15, 0.2) is 58.6 Å². The summed E-state index contributed by atoms with van der Waals surface area (Å²) in [7, 11) is 3.07. The first-order chi connectivity index (χ1) is 13.1. The quantitative estimate of drug-likeness (QED) is 0.670. The minimum Gasteiger partial charge on any atom is -0.481 e. The molecule has 3 aromatic rings. The number of nitrogens with one attached hydrogen (secondary N) is 1. The number of ether oxygens (including phenoxy) is 2. The largest absolute Gasteiger partial charge is 0.481 e. The van der Waals surface area contributed by atoms with Crippen molar-refractivity contribution in [2.75, 3.05) is 14.2 Å². The summed E-state index contributed by atoms with van der Waals surface area (Å²) in [6.45, 7) is 0.0460. The van der Waals surface area contributed by atoms with E-state index >= 15 is 0 Å². The third-order valence-electron chi connectivity index (χ3n) is 3.50. The molecule has 2 heterocycles. The van der Waals surface area contributed by atoms with Crippen molar-refractivity contribution in [3.05, 3.63) is 59.4 Å². The van der Waals surface area contributed by atoms with Crippen LogP contribution in [0.25, 0.3) is 5.69 Å². The summed E-state index contributed by atoms with van der Waals surface area (Å²) < 4.78 is 12.0. The Hall–Kier alpha value is -2.71. The lowest BCUT2D eigenvalue weighted by Crippen LogP contribution is -2.19. The Morgan fingerprint density at radius 3 is 2.85 bits per heavy atom.